The van der Waals surface area contributed by atoms with Crippen LogP contribution in [0.2, 0.25) is 0 Å². The Hall–Kier alpha value is -1.70. The molecule has 0 bridgehead atoms. The van der Waals surface area contributed by atoms with E-state index >= 15 is 0 Å². The van der Waals surface area contributed by atoms with Gasteiger partial charge in [-0.05, 0) is 24.1 Å². The first-order valence-electron chi connectivity index (χ1n) is 7.70. The summed E-state index contributed by atoms with van der Waals surface area (Å²) in [7, 11) is -6.95. The summed E-state index contributed by atoms with van der Waals surface area (Å²) in [6, 6.07) is 16.9. The fourth-order valence-electron chi connectivity index (χ4n) is 2.90. The van der Waals surface area contributed by atoms with Crippen molar-refractivity contribution >= 4 is 19.9 Å². The van der Waals surface area contributed by atoms with Gasteiger partial charge in [-0.2, -0.15) is 4.31 Å². The number of sulfone groups is 1. The molecule has 1 aliphatic rings. The highest BCUT2D eigenvalue weighted by Gasteiger charge is 2.38. The van der Waals surface area contributed by atoms with E-state index in [-0.39, 0.29) is 22.9 Å². The van der Waals surface area contributed by atoms with Crippen molar-refractivity contribution < 1.29 is 16.8 Å². The van der Waals surface area contributed by atoms with Gasteiger partial charge >= 0.3 is 0 Å². The van der Waals surface area contributed by atoms with Crippen LogP contribution in [0.4, 0.5) is 0 Å². The molecule has 1 atom stereocenters. The maximum absolute atomic E-state index is 13.1. The van der Waals surface area contributed by atoms with E-state index in [1.54, 1.807) is 18.2 Å². The molecule has 0 aromatic heterocycles. The van der Waals surface area contributed by atoms with E-state index in [0.717, 1.165) is 5.56 Å². The Kier molecular flexibility index (Phi) is 4.76. The van der Waals surface area contributed by atoms with Gasteiger partial charge in [-0.25, -0.2) is 16.8 Å². The van der Waals surface area contributed by atoms with Crippen molar-refractivity contribution in [2.24, 2.45) is 0 Å². The summed E-state index contributed by atoms with van der Waals surface area (Å²) in [6.07, 6.45) is 0.335. The third-order valence-corrected chi connectivity index (χ3v) is 7.81. The third-order valence-electron chi connectivity index (χ3n) is 4.15. The van der Waals surface area contributed by atoms with E-state index in [2.05, 4.69) is 0 Å². The summed E-state index contributed by atoms with van der Waals surface area (Å²) in [5, 5.41) is 0. The average molecular weight is 365 g/mol. The van der Waals surface area contributed by atoms with Gasteiger partial charge < -0.3 is 0 Å². The zero-order valence-corrected chi connectivity index (χ0v) is 14.7. The van der Waals surface area contributed by atoms with E-state index in [4.69, 9.17) is 0 Å². The van der Waals surface area contributed by atoms with Gasteiger partial charge in [0, 0.05) is 12.6 Å². The number of benzene rings is 2. The molecule has 1 fully saturated rings. The SMILES string of the molecule is O=S1(=O)CC[C@@H](N(Cc2ccccc2)S(=O)(=O)c2ccccc2)C1. The number of hydrogen-bond donors (Lipinski definition) is 0. The lowest BCUT2D eigenvalue weighted by atomic mass is 10.2. The van der Waals surface area contributed by atoms with Crippen molar-refractivity contribution in [3.05, 3.63) is 66.2 Å². The Morgan fingerprint density at radius 2 is 1.54 bits per heavy atom. The van der Waals surface area contributed by atoms with Gasteiger partial charge in [0.05, 0.1) is 16.4 Å². The minimum absolute atomic E-state index is 0.0350. The van der Waals surface area contributed by atoms with E-state index in [1.807, 2.05) is 30.3 Å². The Balaban J connectivity index is 1.99. The fourth-order valence-corrected chi connectivity index (χ4v) is 6.39. The number of sulfonamides is 1. The highest BCUT2D eigenvalue weighted by atomic mass is 32.2. The van der Waals surface area contributed by atoms with Crippen LogP contribution in [0, 0.1) is 0 Å². The minimum Gasteiger partial charge on any atom is -0.229 e. The van der Waals surface area contributed by atoms with Crippen LogP contribution in [0.5, 0.6) is 0 Å². The molecule has 128 valence electrons. The predicted molar refractivity (Wildman–Crippen MR) is 92.7 cm³/mol. The molecule has 3 rings (SSSR count). The molecule has 0 amide bonds. The number of nitrogens with zero attached hydrogens (tertiary/aromatic N) is 1. The highest BCUT2D eigenvalue weighted by molar-refractivity contribution is 7.92. The Morgan fingerprint density at radius 1 is 0.958 bits per heavy atom. The molecule has 0 saturated carbocycles. The molecule has 24 heavy (non-hydrogen) atoms. The lowest BCUT2D eigenvalue weighted by Gasteiger charge is -2.27. The quantitative estimate of drug-likeness (QED) is 0.813. The van der Waals surface area contributed by atoms with Crippen LogP contribution in [-0.2, 0) is 26.4 Å². The largest absolute Gasteiger partial charge is 0.243 e. The topological polar surface area (TPSA) is 71.5 Å². The summed E-state index contributed by atoms with van der Waals surface area (Å²) in [6.45, 7) is 0.165. The zero-order valence-electron chi connectivity index (χ0n) is 13.1. The summed E-state index contributed by atoms with van der Waals surface area (Å²) in [5.41, 5.74) is 0.835. The first-order chi connectivity index (χ1) is 11.4. The van der Waals surface area contributed by atoms with Crippen molar-refractivity contribution in [2.45, 2.75) is 23.9 Å². The summed E-state index contributed by atoms with van der Waals surface area (Å²) in [5.74, 6) is -0.0842. The molecule has 7 heteroatoms. The molecular formula is C17H19NO4S2. The van der Waals surface area contributed by atoms with Crippen molar-refractivity contribution in [2.75, 3.05) is 11.5 Å². The van der Waals surface area contributed by atoms with Gasteiger partial charge in [-0.15, -0.1) is 0 Å². The average Bonchev–Trinajstić information content (AvgIpc) is 2.94. The van der Waals surface area contributed by atoms with Crippen LogP contribution in [0.3, 0.4) is 0 Å². The lowest BCUT2D eigenvalue weighted by molar-refractivity contribution is 0.334. The molecule has 0 spiro atoms. The van der Waals surface area contributed by atoms with Crippen LogP contribution in [0.25, 0.3) is 0 Å². The lowest BCUT2D eigenvalue weighted by Crippen LogP contribution is -2.40. The zero-order chi connectivity index (χ0) is 17.2. The Labute approximate surface area is 142 Å². The van der Waals surface area contributed by atoms with Crippen LogP contribution in [0.1, 0.15) is 12.0 Å². The predicted octanol–water partition coefficient (Wildman–Crippen LogP) is 2.06. The first-order valence-corrected chi connectivity index (χ1v) is 11.0. The van der Waals surface area contributed by atoms with Crippen molar-refractivity contribution in [1.82, 2.24) is 4.31 Å². The molecule has 1 aliphatic heterocycles. The van der Waals surface area contributed by atoms with Gasteiger partial charge in [0.15, 0.2) is 9.84 Å². The molecule has 1 saturated heterocycles. The summed E-state index contributed by atoms with van der Waals surface area (Å²) >= 11 is 0. The summed E-state index contributed by atoms with van der Waals surface area (Å²) in [4.78, 5) is 0.185. The van der Waals surface area contributed by atoms with Gasteiger partial charge in [0.25, 0.3) is 0 Å². The monoisotopic (exact) mass is 365 g/mol. The molecule has 0 radical (unpaired) electrons. The third kappa shape index (κ3) is 3.68. The van der Waals surface area contributed by atoms with E-state index < -0.39 is 25.9 Å². The smallest absolute Gasteiger partial charge is 0.229 e. The van der Waals surface area contributed by atoms with Gasteiger partial charge in [0.1, 0.15) is 0 Å². The number of rotatable bonds is 5. The first kappa shape index (κ1) is 17.1. The van der Waals surface area contributed by atoms with E-state index in [1.165, 1.54) is 16.4 Å². The molecule has 0 N–H and O–H groups in total. The Bertz CT molecular complexity index is 894. The van der Waals surface area contributed by atoms with Crippen LogP contribution >= 0.6 is 0 Å². The standard InChI is InChI=1S/C17H19NO4S2/c19-23(20)12-11-16(14-23)18(13-15-7-3-1-4-8-15)24(21,22)17-9-5-2-6-10-17/h1-10,16H,11-14H2/t16-/m1/s1. The maximum atomic E-state index is 13.1. The van der Waals surface area contributed by atoms with E-state index in [0.29, 0.717) is 6.42 Å². The second kappa shape index (κ2) is 6.66. The molecule has 5 nitrogen and oxygen atoms in total. The van der Waals surface area contributed by atoms with Gasteiger partial charge in [-0.1, -0.05) is 48.5 Å². The van der Waals surface area contributed by atoms with E-state index in [9.17, 15) is 16.8 Å². The second-order valence-electron chi connectivity index (χ2n) is 5.91. The van der Waals surface area contributed by atoms with Crippen molar-refractivity contribution in [1.29, 1.82) is 0 Å². The molecule has 2 aromatic rings. The van der Waals surface area contributed by atoms with Crippen molar-refractivity contribution in [3.8, 4) is 0 Å². The molecule has 0 unspecified atom stereocenters. The normalized spacial score (nSPS) is 20.3. The van der Waals surface area contributed by atoms with Gasteiger partial charge in [-0.3, -0.25) is 0 Å². The summed E-state index contributed by atoms with van der Waals surface area (Å²) < 4.78 is 51.1. The van der Waals surface area contributed by atoms with Gasteiger partial charge in [0.2, 0.25) is 10.0 Å². The van der Waals surface area contributed by atoms with Crippen molar-refractivity contribution in [3.63, 3.8) is 0 Å². The molecule has 2 aromatic carbocycles. The Morgan fingerprint density at radius 3 is 2.08 bits per heavy atom. The maximum Gasteiger partial charge on any atom is 0.243 e. The number of hydrogen-bond acceptors (Lipinski definition) is 4. The molecule has 0 aliphatic carbocycles. The van der Waals surface area contributed by atoms with Crippen LogP contribution in [0.15, 0.2) is 65.6 Å². The highest BCUT2D eigenvalue weighted by Crippen LogP contribution is 2.26. The molecule has 1 heterocycles. The minimum atomic E-state index is -3.76. The van der Waals surface area contributed by atoms with Crippen LogP contribution < -0.4 is 0 Å². The second-order valence-corrected chi connectivity index (χ2v) is 10.0. The molecular weight excluding hydrogens is 346 g/mol. The fraction of sp³-hybridized carbons (Fsp3) is 0.294. The van der Waals surface area contributed by atoms with Crippen LogP contribution in [-0.4, -0.2) is 38.7 Å².